The molecule has 0 N–H and O–H groups in total. The van der Waals surface area contributed by atoms with Crippen LogP contribution < -0.4 is 9.47 Å². The maximum atomic E-state index is 12.7. The fourth-order valence-electron chi connectivity index (χ4n) is 5.33. The van der Waals surface area contributed by atoms with Crippen LogP contribution in [0.15, 0.2) is 66.7 Å². The smallest absolute Gasteiger partial charge is 0.343 e. The van der Waals surface area contributed by atoms with Gasteiger partial charge in [-0.05, 0) is 66.3 Å². The zero-order chi connectivity index (χ0) is 30.9. The zero-order valence-electron chi connectivity index (χ0n) is 26.3. The van der Waals surface area contributed by atoms with Gasteiger partial charge in [0.05, 0.1) is 17.1 Å². The molecule has 0 saturated heterocycles. The Kier molecular flexibility index (Phi) is 14.8. The van der Waals surface area contributed by atoms with Crippen molar-refractivity contribution >= 4 is 11.7 Å². The molecule has 0 fully saturated rings. The first-order valence-corrected chi connectivity index (χ1v) is 16.3. The van der Waals surface area contributed by atoms with Crippen LogP contribution in [-0.4, -0.2) is 17.5 Å². The lowest BCUT2D eigenvalue weighted by molar-refractivity contribution is -0.385. The van der Waals surface area contributed by atoms with E-state index >= 15 is 0 Å². The third-order valence-electron chi connectivity index (χ3n) is 8.00. The third-order valence-corrected chi connectivity index (χ3v) is 8.00. The van der Waals surface area contributed by atoms with Gasteiger partial charge in [-0.1, -0.05) is 116 Å². The van der Waals surface area contributed by atoms with Crippen LogP contribution in [0.4, 0.5) is 5.69 Å². The van der Waals surface area contributed by atoms with E-state index < -0.39 is 5.97 Å². The molecule has 0 aliphatic rings. The van der Waals surface area contributed by atoms with E-state index in [4.69, 9.17) is 9.47 Å². The summed E-state index contributed by atoms with van der Waals surface area (Å²) in [5, 5.41) is 11.9. The van der Waals surface area contributed by atoms with Crippen LogP contribution in [0.1, 0.15) is 126 Å². The minimum Gasteiger partial charge on any atom is -0.494 e. The zero-order valence-corrected chi connectivity index (χ0v) is 26.3. The van der Waals surface area contributed by atoms with Gasteiger partial charge in [0, 0.05) is 11.6 Å². The van der Waals surface area contributed by atoms with E-state index in [1.54, 1.807) is 42.5 Å². The summed E-state index contributed by atoms with van der Waals surface area (Å²) >= 11 is 0. The highest BCUT2D eigenvalue weighted by molar-refractivity contribution is 5.91. The van der Waals surface area contributed by atoms with E-state index in [0.717, 1.165) is 48.1 Å². The van der Waals surface area contributed by atoms with Crippen LogP contribution in [-0.2, 0) is 0 Å². The molecule has 0 aromatic heterocycles. The summed E-state index contributed by atoms with van der Waals surface area (Å²) in [6.45, 7) is 7.16. The predicted molar refractivity (Wildman–Crippen MR) is 175 cm³/mol. The van der Waals surface area contributed by atoms with Crippen LogP contribution in [0.25, 0.3) is 11.1 Å². The average Bonchev–Trinajstić information content (AvgIpc) is 3.02. The Morgan fingerprint density at radius 3 is 1.91 bits per heavy atom. The number of ether oxygens (including phenoxy) is 2. The highest BCUT2D eigenvalue weighted by Gasteiger charge is 2.20. The van der Waals surface area contributed by atoms with Crippen molar-refractivity contribution in [1.29, 1.82) is 0 Å². The molecule has 3 aromatic rings. The van der Waals surface area contributed by atoms with Gasteiger partial charge in [-0.25, -0.2) is 4.79 Å². The number of nitrogens with zero attached hydrogens (tertiary/aromatic N) is 1. The lowest BCUT2D eigenvalue weighted by atomic mass is 9.91. The Morgan fingerprint density at radius 1 is 0.721 bits per heavy atom. The standard InChI is InChI=1S/C37H49NO5/c1-4-6-8-10-11-12-13-15-27-42-33-22-19-31(20-23-33)37(39)43-34-24-17-30(18-25-34)32-21-26-35(36(28-32)38(40)41)29(3)16-14-9-7-5-2/h17-26,28-29H,4-16,27H2,1-3H3/t29-/m0/s1. The first kappa shape index (κ1) is 33.8. The maximum absolute atomic E-state index is 12.7. The fraction of sp³-hybridized carbons (Fsp3) is 0.486. The maximum Gasteiger partial charge on any atom is 0.343 e. The summed E-state index contributed by atoms with van der Waals surface area (Å²) in [5.41, 5.74) is 2.96. The quantitative estimate of drug-likeness (QED) is 0.0432. The number of unbranched alkanes of at least 4 members (excludes halogenated alkanes) is 10. The van der Waals surface area contributed by atoms with E-state index in [0.29, 0.717) is 17.9 Å². The number of nitro benzene ring substituents is 1. The number of carbonyl (C=O) groups is 1. The molecule has 0 amide bonds. The van der Waals surface area contributed by atoms with Crippen molar-refractivity contribution in [2.45, 2.75) is 110 Å². The van der Waals surface area contributed by atoms with E-state index in [1.165, 1.54) is 57.8 Å². The molecular weight excluding hydrogens is 538 g/mol. The largest absolute Gasteiger partial charge is 0.494 e. The van der Waals surface area contributed by atoms with Crippen molar-refractivity contribution < 1.29 is 19.2 Å². The van der Waals surface area contributed by atoms with Gasteiger partial charge in [0.2, 0.25) is 0 Å². The van der Waals surface area contributed by atoms with Crippen molar-refractivity contribution in [2.24, 2.45) is 0 Å². The van der Waals surface area contributed by atoms with Crippen LogP contribution in [0.5, 0.6) is 11.5 Å². The molecule has 0 saturated carbocycles. The Balaban J connectivity index is 1.50. The normalized spacial score (nSPS) is 11.7. The second kappa shape index (κ2) is 18.8. The van der Waals surface area contributed by atoms with Gasteiger partial charge in [0.25, 0.3) is 5.69 Å². The number of rotatable bonds is 20. The summed E-state index contributed by atoms with van der Waals surface area (Å²) < 4.78 is 11.4. The van der Waals surface area contributed by atoms with Crippen molar-refractivity contribution in [3.05, 3.63) is 88.0 Å². The van der Waals surface area contributed by atoms with Gasteiger partial charge in [-0.15, -0.1) is 0 Å². The van der Waals surface area contributed by atoms with Gasteiger partial charge >= 0.3 is 5.97 Å². The number of esters is 1. The molecule has 3 rings (SSSR count). The molecule has 232 valence electrons. The second-order valence-electron chi connectivity index (χ2n) is 11.5. The number of hydrogen-bond acceptors (Lipinski definition) is 5. The first-order chi connectivity index (χ1) is 20.9. The molecule has 0 aliphatic carbocycles. The number of benzene rings is 3. The molecule has 6 nitrogen and oxygen atoms in total. The summed E-state index contributed by atoms with van der Waals surface area (Å²) in [6.07, 6.45) is 15.6. The molecule has 1 atom stereocenters. The summed E-state index contributed by atoms with van der Waals surface area (Å²) in [6, 6.07) is 19.6. The first-order valence-electron chi connectivity index (χ1n) is 16.3. The van der Waals surface area contributed by atoms with E-state index in [-0.39, 0.29) is 16.5 Å². The molecule has 0 radical (unpaired) electrons. The third kappa shape index (κ3) is 11.5. The predicted octanol–water partition coefficient (Wildman–Crippen LogP) is 11.1. The Bertz CT molecular complexity index is 1250. The molecule has 43 heavy (non-hydrogen) atoms. The fourth-order valence-corrected chi connectivity index (χ4v) is 5.33. The monoisotopic (exact) mass is 587 g/mol. The summed E-state index contributed by atoms with van der Waals surface area (Å²) in [5.74, 6) is 0.837. The minimum atomic E-state index is -0.449. The van der Waals surface area contributed by atoms with E-state index in [1.807, 2.05) is 24.3 Å². The van der Waals surface area contributed by atoms with Gasteiger partial charge in [0.1, 0.15) is 11.5 Å². The molecular formula is C37H49NO5. The van der Waals surface area contributed by atoms with Crippen molar-refractivity contribution in [1.82, 2.24) is 0 Å². The van der Waals surface area contributed by atoms with Crippen LogP contribution in [0.2, 0.25) is 0 Å². The van der Waals surface area contributed by atoms with Crippen molar-refractivity contribution in [3.63, 3.8) is 0 Å². The molecule has 0 spiro atoms. The average molecular weight is 588 g/mol. The van der Waals surface area contributed by atoms with Crippen LogP contribution in [0, 0.1) is 10.1 Å². The molecule has 3 aromatic carbocycles. The number of hydrogen-bond donors (Lipinski definition) is 0. The Morgan fingerprint density at radius 2 is 1.28 bits per heavy atom. The minimum absolute atomic E-state index is 0.128. The van der Waals surface area contributed by atoms with E-state index in [9.17, 15) is 14.9 Å². The molecule has 0 aliphatic heterocycles. The lowest BCUT2D eigenvalue weighted by Crippen LogP contribution is -2.08. The van der Waals surface area contributed by atoms with Crippen LogP contribution in [0.3, 0.4) is 0 Å². The van der Waals surface area contributed by atoms with E-state index in [2.05, 4.69) is 20.8 Å². The van der Waals surface area contributed by atoms with Gasteiger partial charge in [0.15, 0.2) is 0 Å². The highest BCUT2D eigenvalue weighted by Crippen LogP contribution is 2.34. The van der Waals surface area contributed by atoms with Crippen molar-refractivity contribution in [2.75, 3.05) is 6.61 Å². The SMILES string of the molecule is CCCCCCCCCCOc1ccc(C(=O)Oc2ccc(-c3ccc([C@@H](C)CCCCCC)c([N+](=O)[O-])c3)cc2)cc1. The summed E-state index contributed by atoms with van der Waals surface area (Å²) in [7, 11) is 0. The summed E-state index contributed by atoms with van der Waals surface area (Å²) in [4.78, 5) is 24.3. The van der Waals surface area contributed by atoms with Gasteiger partial charge in [-0.2, -0.15) is 0 Å². The molecule has 6 heteroatoms. The van der Waals surface area contributed by atoms with Gasteiger partial charge < -0.3 is 9.47 Å². The highest BCUT2D eigenvalue weighted by atomic mass is 16.6. The van der Waals surface area contributed by atoms with Gasteiger partial charge in [-0.3, -0.25) is 10.1 Å². The molecule has 0 heterocycles. The van der Waals surface area contributed by atoms with Crippen LogP contribution >= 0.6 is 0 Å². The molecule has 0 unspecified atom stereocenters. The van der Waals surface area contributed by atoms with Crippen molar-refractivity contribution in [3.8, 4) is 22.6 Å². The lowest BCUT2D eigenvalue weighted by Gasteiger charge is -2.13. The number of carbonyl (C=O) groups excluding carboxylic acids is 1. The molecule has 0 bridgehead atoms. The second-order valence-corrected chi connectivity index (χ2v) is 11.5. The Labute approximate surface area is 258 Å². The number of nitro groups is 1. The Hall–Kier alpha value is -3.67. The topological polar surface area (TPSA) is 78.7 Å².